The van der Waals surface area contributed by atoms with E-state index in [0.29, 0.717) is 28.1 Å². The molecule has 6 heteroatoms. The highest BCUT2D eigenvalue weighted by molar-refractivity contribution is 9.10. The van der Waals surface area contributed by atoms with Crippen molar-refractivity contribution >= 4 is 39.1 Å². The third-order valence-corrected chi connectivity index (χ3v) is 4.51. The van der Waals surface area contributed by atoms with Crippen molar-refractivity contribution < 1.29 is 4.74 Å². The fourth-order valence-corrected chi connectivity index (χ4v) is 3.31. The van der Waals surface area contributed by atoms with E-state index in [1.807, 2.05) is 24.3 Å². The van der Waals surface area contributed by atoms with Crippen molar-refractivity contribution in [3.8, 4) is 11.1 Å². The lowest BCUT2D eigenvalue weighted by Crippen LogP contribution is -2.12. The molecule has 1 aromatic heterocycles. The van der Waals surface area contributed by atoms with E-state index in [-0.39, 0.29) is 6.10 Å². The first-order valence-electron chi connectivity index (χ1n) is 6.73. The molecule has 110 valence electrons. The summed E-state index contributed by atoms with van der Waals surface area (Å²) in [6, 6.07) is 7.73. The minimum atomic E-state index is 0.177. The Morgan fingerprint density at radius 1 is 1.14 bits per heavy atom. The summed E-state index contributed by atoms with van der Waals surface area (Å²) < 4.78 is 6.59. The number of hydrogen-bond donors (Lipinski definition) is 0. The molecule has 1 aliphatic rings. The average Bonchev–Trinajstić information content (AvgIpc) is 2.93. The molecule has 0 N–H and O–H groups in total. The highest BCUT2D eigenvalue weighted by Gasteiger charge is 2.20. The van der Waals surface area contributed by atoms with Gasteiger partial charge in [-0.15, -0.1) is 0 Å². The van der Waals surface area contributed by atoms with Crippen LogP contribution in [-0.4, -0.2) is 22.7 Å². The summed E-state index contributed by atoms with van der Waals surface area (Å²) in [6.45, 7) is 0.809. The maximum absolute atomic E-state index is 6.31. The van der Waals surface area contributed by atoms with E-state index in [1.54, 1.807) is 0 Å². The van der Waals surface area contributed by atoms with Gasteiger partial charge in [0.2, 0.25) is 0 Å². The minimum absolute atomic E-state index is 0.177. The van der Waals surface area contributed by atoms with E-state index in [9.17, 15) is 0 Å². The Morgan fingerprint density at radius 3 is 2.38 bits per heavy atom. The number of ether oxygens (including phenoxy) is 1. The second kappa shape index (κ2) is 6.61. The third kappa shape index (κ3) is 3.57. The van der Waals surface area contributed by atoms with Crippen LogP contribution in [0.5, 0.6) is 0 Å². The molecule has 0 amide bonds. The maximum atomic E-state index is 6.31. The van der Waals surface area contributed by atoms with Gasteiger partial charge in [-0.2, -0.15) is 0 Å². The van der Waals surface area contributed by atoms with Gasteiger partial charge in [0.1, 0.15) is 16.1 Å². The van der Waals surface area contributed by atoms with Crippen LogP contribution in [0.25, 0.3) is 11.1 Å². The summed E-state index contributed by atoms with van der Waals surface area (Å²) in [5.74, 6) is 0.637. The molecule has 1 unspecified atom stereocenters. The molecule has 1 aliphatic heterocycles. The molecule has 0 saturated carbocycles. The number of hydrogen-bond acceptors (Lipinski definition) is 3. The molecular formula is C15H13BrCl2N2O. The quantitative estimate of drug-likeness (QED) is 0.700. The lowest BCUT2D eigenvalue weighted by atomic mass is 10.1. The van der Waals surface area contributed by atoms with Gasteiger partial charge in [-0.3, -0.25) is 0 Å². The predicted molar refractivity (Wildman–Crippen MR) is 87.9 cm³/mol. The molecule has 3 nitrogen and oxygen atoms in total. The van der Waals surface area contributed by atoms with Crippen molar-refractivity contribution in [3.05, 3.63) is 44.9 Å². The Kier molecular flexibility index (Phi) is 4.79. The smallest absolute Gasteiger partial charge is 0.142 e. The van der Waals surface area contributed by atoms with Gasteiger partial charge in [-0.1, -0.05) is 51.3 Å². The van der Waals surface area contributed by atoms with E-state index < -0.39 is 0 Å². The first-order chi connectivity index (χ1) is 10.1. The second-order valence-corrected chi connectivity index (χ2v) is 6.57. The van der Waals surface area contributed by atoms with Gasteiger partial charge in [0, 0.05) is 17.5 Å². The van der Waals surface area contributed by atoms with Crippen molar-refractivity contribution in [2.45, 2.75) is 25.4 Å². The average molecular weight is 388 g/mol. The molecule has 1 atom stereocenters. The van der Waals surface area contributed by atoms with Gasteiger partial charge < -0.3 is 4.74 Å². The van der Waals surface area contributed by atoms with Crippen LogP contribution in [0.15, 0.2) is 28.7 Å². The normalized spacial score (nSPS) is 18.1. The van der Waals surface area contributed by atoms with Crippen LogP contribution in [0.4, 0.5) is 0 Å². The van der Waals surface area contributed by atoms with Crippen LogP contribution in [-0.2, 0) is 11.2 Å². The summed E-state index contributed by atoms with van der Waals surface area (Å²) in [6.07, 6.45) is 2.95. The van der Waals surface area contributed by atoms with Crippen molar-refractivity contribution in [1.29, 1.82) is 0 Å². The van der Waals surface area contributed by atoms with E-state index in [2.05, 4.69) is 25.9 Å². The molecule has 1 fully saturated rings. The van der Waals surface area contributed by atoms with E-state index >= 15 is 0 Å². The van der Waals surface area contributed by atoms with Crippen LogP contribution < -0.4 is 0 Å². The second-order valence-electron chi connectivity index (χ2n) is 4.94. The molecule has 21 heavy (non-hydrogen) atoms. The number of halogens is 3. The van der Waals surface area contributed by atoms with Gasteiger partial charge >= 0.3 is 0 Å². The van der Waals surface area contributed by atoms with Crippen molar-refractivity contribution in [1.82, 2.24) is 9.97 Å². The predicted octanol–water partition coefficient (Wildman–Crippen LogP) is 4.93. The number of benzene rings is 1. The van der Waals surface area contributed by atoms with Crippen LogP contribution in [0, 0.1) is 0 Å². The molecule has 0 aliphatic carbocycles. The molecule has 1 saturated heterocycles. The van der Waals surface area contributed by atoms with Gasteiger partial charge in [0.25, 0.3) is 0 Å². The van der Waals surface area contributed by atoms with Gasteiger partial charge in [0.05, 0.1) is 11.7 Å². The molecule has 0 radical (unpaired) electrons. The Morgan fingerprint density at radius 2 is 1.81 bits per heavy atom. The fraction of sp³-hybridized carbons (Fsp3) is 0.333. The summed E-state index contributed by atoms with van der Waals surface area (Å²) in [7, 11) is 0. The largest absolute Gasteiger partial charge is 0.378 e. The Bertz CT molecular complexity index is 620. The molecule has 1 aromatic carbocycles. The molecule has 0 bridgehead atoms. The molecule has 0 spiro atoms. The zero-order chi connectivity index (χ0) is 14.8. The zero-order valence-electron chi connectivity index (χ0n) is 11.2. The van der Waals surface area contributed by atoms with Crippen molar-refractivity contribution in [2.24, 2.45) is 0 Å². The first-order valence-corrected chi connectivity index (χ1v) is 8.28. The Labute approximate surface area is 141 Å². The monoisotopic (exact) mass is 386 g/mol. The van der Waals surface area contributed by atoms with E-state index in [4.69, 9.17) is 27.9 Å². The Hall–Kier alpha value is -0.680. The Balaban J connectivity index is 1.90. The highest BCUT2D eigenvalue weighted by atomic mass is 79.9. The minimum Gasteiger partial charge on any atom is -0.378 e. The van der Waals surface area contributed by atoms with E-state index in [1.165, 1.54) is 0 Å². The van der Waals surface area contributed by atoms with Crippen molar-refractivity contribution in [2.75, 3.05) is 6.61 Å². The molecular weight excluding hydrogens is 375 g/mol. The molecule has 2 heterocycles. The van der Waals surface area contributed by atoms with Crippen LogP contribution in [0.2, 0.25) is 10.3 Å². The molecule has 2 aromatic rings. The van der Waals surface area contributed by atoms with Crippen LogP contribution in [0.1, 0.15) is 18.7 Å². The SMILES string of the molecule is Clc1nc(CC2CCCO2)nc(Cl)c1-c1ccc(Br)cc1. The zero-order valence-corrected chi connectivity index (χ0v) is 14.2. The first kappa shape index (κ1) is 15.2. The lowest BCUT2D eigenvalue weighted by Gasteiger charge is -2.11. The standard InChI is InChI=1S/C15H13BrCl2N2O/c16-10-5-3-9(4-6-10)13-14(17)19-12(20-15(13)18)8-11-2-1-7-21-11/h3-6,11H,1-2,7-8H2. The third-order valence-electron chi connectivity index (χ3n) is 3.43. The summed E-state index contributed by atoms with van der Waals surface area (Å²) >= 11 is 16.0. The summed E-state index contributed by atoms with van der Waals surface area (Å²) in [5.41, 5.74) is 1.57. The van der Waals surface area contributed by atoms with Gasteiger partial charge in [-0.25, -0.2) is 9.97 Å². The van der Waals surface area contributed by atoms with Crippen LogP contribution >= 0.6 is 39.1 Å². The van der Waals surface area contributed by atoms with Gasteiger partial charge in [-0.05, 0) is 30.5 Å². The lowest BCUT2D eigenvalue weighted by molar-refractivity contribution is 0.110. The van der Waals surface area contributed by atoms with Crippen LogP contribution in [0.3, 0.4) is 0 Å². The van der Waals surface area contributed by atoms with E-state index in [0.717, 1.165) is 29.5 Å². The number of aromatic nitrogens is 2. The fourth-order valence-electron chi connectivity index (χ4n) is 2.40. The topological polar surface area (TPSA) is 35.0 Å². The highest BCUT2D eigenvalue weighted by Crippen LogP contribution is 2.33. The molecule has 3 rings (SSSR count). The van der Waals surface area contributed by atoms with Crippen molar-refractivity contribution in [3.63, 3.8) is 0 Å². The maximum Gasteiger partial charge on any atom is 0.142 e. The summed E-state index contributed by atoms with van der Waals surface area (Å²) in [4.78, 5) is 8.75. The number of nitrogens with zero attached hydrogens (tertiary/aromatic N) is 2. The van der Waals surface area contributed by atoms with Gasteiger partial charge in [0.15, 0.2) is 0 Å². The summed E-state index contributed by atoms with van der Waals surface area (Å²) in [5, 5.41) is 0.760. The number of rotatable bonds is 3.